The van der Waals surface area contributed by atoms with Crippen LogP contribution in [0.5, 0.6) is 11.5 Å². The fourth-order valence-corrected chi connectivity index (χ4v) is 7.06. The molecule has 8 heteroatoms. The van der Waals surface area contributed by atoms with Crippen molar-refractivity contribution < 1.29 is 23.5 Å². The van der Waals surface area contributed by atoms with E-state index in [0.29, 0.717) is 34.6 Å². The second-order valence-electron chi connectivity index (χ2n) is 10.6. The van der Waals surface area contributed by atoms with Crippen molar-refractivity contribution >= 4 is 30.8 Å². The van der Waals surface area contributed by atoms with E-state index in [4.69, 9.17) is 37.0 Å². The Morgan fingerprint density at radius 2 is 1.69 bits per heavy atom. The molecule has 5 nitrogen and oxygen atoms in total. The summed E-state index contributed by atoms with van der Waals surface area (Å²) in [5, 5.41) is 11.2. The largest absolute Gasteiger partial charge is 0.508 e. The fourth-order valence-electron chi connectivity index (χ4n) is 5.00. The topological polar surface area (TPSA) is 65.0 Å². The van der Waals surface area contributed by atoms with Crippen LogP contribution >= 0.6 is 30.8 Å². The standard InChI is InChI=1S/C31H37Cl2O5P/c1-20(2)28-14-23(9-10-30(28)34)15-29-21(3)12-27(13-22(29)4)36-19-39(35)37-11-7-5-6-8-31(38-39)24-16-25(32)18-26(33)17-24/h9-10,12-14,16-18,20,31,34H,5-8,11,15,19H2,1-4H3. The van der Waals surface area contributed by atoms with Crippen LogP contribution in [0, 0.1) is 13.8 Å². The van der Waals surface area contributed by atoms with E-state index >= 15 is 0 Å². The number of phenols is 1. The lowest BCUT2D eigenvalue weighted by atomic mass is 9.93. The molecule has 0 saturated carbocycles. The van der Waals surface area contributed by atoms with E-state index in [9.17, 15) is 9.67 Å². The average molecular weight is 592 g/mol. The summed E-state index contributed by atoms with van der Waals surface area (Å²) < 4.78 is 31.8. The maximum atomic E-state index is 13.8. The van der Waals surface area contributed by atoms with Gasteiger partial charge in [-0.3, -0.25) is 9.09 Å². The molecular weight excluding hydrogens is 554 g/mol. The zero-order chi connectivity index (χ0) is 28.2. The molecule has 2 atom stereocenters. The molecule has 210 valence electrons. The van der Waals surface area contributed by atoms with E-state index in [-0.39, 0.29) is 12.3 Å². The number of halogens is 2. The molecule has 2 unspecified atom stereocenters. The number of benzene rings is 3. The van der Waals surface area contributed by atoms with Crippen LogP contribution in [-0.2, 0) is 20.0 Å². The molecule has 1 N–H and O–H groups in total. The van der Waals surface area contributed by atoms with Gasteiger partial charge in [0.15, 0.2) is 6.35 Å². The Morgan fingerprint density at radius 1 is 1.00 bits per heavy atom. The van der Waals surface area contributed by atoms with Crippen molar-refractivity contribution in [3.8, 4) is 11.5 Å². The molecule has 1 saturated heterocycles. The van der Waals surface area contributed by atoms with Gasteiger partial charge in [-0.05, 0) is 109 Å². The summed E-state index contributed by atoms with van der Waals surface area (Å²) in [6.07, 6.45) is 3.46. The first kappa shape index (κ1) is 30.0. The van der Waals surface area contributed by atoms with Gasteiger partial charge in [0.25, 0.3) is 0 Å². The van der Waals surface area contributed by atoms with Gasteiger partial charge in [0, 0.05) is 10.0 Å². The number of aromatic hydroxyl groups is 1. The van der Waals surface area contributed by atoms with E-state index in [1.807, 2.05) is 32.0 Å². The normalized spacial score (nSPS) is 20.3. The van der Waals surface area contributed by atoms with Gasteiger partial charge in [0.05, 0.1) is 12.7 Å². The molecule has 3 aromatic rings. The van der Waals surface area contributed by atoms with Gasteiger partial charge in [-0.25, -0.2) is 0 Å². The van der Waals surface area contributed by atoms with Crippen molar-refractivity contribution in [2.75, 3.05) is 13.0 Å². The Morgan fingerprint density at radius 3 is 2.36 bits per heavy atom. The molecule has 3 aromatic carbocycles. The molecule has 1 heterocycles. The number of hydrogen-bond donors (Lipinski definition) is 1. The van der Waals surface area contributed by atoms with Crippen molar-refractivity contribution in [1.29, 1.82) is 0 Å². The van der Waals surface area contributed by atoms with Crippen LogP contribution in [0.4, 0.5) is 0 Å². The van der Waals surface area contributed by atoms with Crippen LogP contribution in [0.3, 0.4) is 0 Å². The van der Waals surface area contributed by atoms with Gasteiger partial charge >= 0.3 is 7.60 Å². The summed E-state index contributed by atoms with van der Waals surface area (Å²) in [5.74, 6) is 1.19. The van der Waals surface area contributed by atoms with Crippen molar-refractivity contribution in [2.24, 2.45) is 0 Å². The summed E-state index contributed by atoms with van der Waals surface area (Å²) in [6.45, 7) is 8.60. The third-order valence-corrected chi connectivity index (χ3v) is 9.13. The van der Waals surface area contributed by atoms with Gasteiger partial charge in [0.1, 0.15) is 11.5 Å². The van der Waals surface area contributed by atoms with E-state index < -0.39 is 13.7 Å². The van der Waals surface area contributed by atoms with Crippen LogP contribution in [0.25, 0.3) is 0 Å². The smallest absolute Gasteiger partial charge is 0.368 e. The first-order valence-corrected chi connectivity index (χ1v) is 15.9. The molecule has 4 rings (SSSR count). The minimum Gasteiger partial charge on any atom is -0.508 e. The highest BCUT2D eigenvalue weighted by molar-refractivity contribution is 7.53. The van der Waals surface area contributed by atoms with Crippen LogP contribution in [0.15, 0.2) is 48.5 Å². The zero-order valence-corrected chi connectivity index (χ0v) is 25.4. The summed E-state index contributed by atoms with van der Waals surface area (Å²) in [7, 11) is -3.58. The second-order valence-corrected chi connectivity index (χ2v) is 13.4. The third kappa shape index (κ3) is 8.02. The Balaban J connectivity index is 1.51. The van der Waals surface area contributed by atoms with E-state index in [1.54, 1.807) is 24.3 Å². The maximum Gasteiger partial charge on any atom is 0.368 e. The lowest BCUT2D eigenvalue weighted by Crippen LogP contribution is -2.10. The molecule has 0 amide bonds. The SMILES string of the molecule is Cc1cc(OCP2(=O)OCCCCCC(c3cc(Cl)cc(Cl)c3)O2)cc(C)c1Cc1ccc(O)c(C(C)C)c1. The molecule has 39 heavy (non-hydrogen) atoms. The lowest BCUT2D eigenvalue weighted by Gasteiger charge is -2.25. The summed E-state index contributed by atoms with van der Waals surface area (Å²) in [6, 6.07) is 15.0. The number of phenolic OH excluding ortho intramolecular Hbond substituents is 1. The molecule has 0 bridgehead atoms. The Kier molecular flexibility index (Phi) is 10.1. The van der Waals surface area contributed by atoms with Gasteiger partial charge < -0.3 is 14.4 Å². The van der Waals surface area contributed by atoms with Crippen molar-refractivity contribution in [2.45, 2.75) is 71.8 Å². The van der Waals surface area contributed by atoms with Gasteiger partial charge in [0.2, 0.25) is 0 Å². The van der Waals surface area contributed by atoms with Crippen molar-refractivity contribution in [3.05, 3.63) is 92.0 Å². The van der Waals surface area contributed by atoms with Crippen LogP contribution < -0.4 is 4.74 Å². The molecular formula is C31H37Cl2O5P. The van der Waals surface area contributed by atoms with Crippen LogP contribution in [0.2, 0.25) is 10.0 Å². The van der Waals surface area contributed by atoms with Crippen LogP contribution in [-0.4, -0.2) is 18.1 Å². The highest BCUT2D eigenvalue weighted by Crippen LogP contribution is 2.54. The van der Waals surface area contributed by atoms with Crippen molar-refractivity contribution in [1.82, 2.24) is 0 Å². The van der Waals surface area contributed by atoms with Gasteiger partial charge in [-0.1, -0.05) is 62.0 Å². The number of hydrogen-bond acceptors (Lipinski definition) is 5. The quantitative estimate of drug-likeness (QED) is 0.277. The number of rotatable bonds is 7. The molecule has 1 aliphatic heterocycles. The molecule has 1 fully saturated rings. The number of aryl methyl sites for hydroxylation is 2. The van der Waals surface area contributed by atoms with Crippen molar-refractivity contribution in [3.63, 3.8) is 0 Å². The molecule has 0 spiro atoms. The maximum absolute atomic E-state index is 13.8. The number of ether oxygens (including phenoxy) is 1. The minimum absolute atomic E-state index is 0.189. The monoisotopic (exact) mass is 590 g/mol. The second kappa shape index (κ2) is 13.1. The Hall–Kier alpha value is -2.01. The predicted molar refractivity (Wildman–Crippen MR) is 159 cm³/mol. The lowest BCUT2D eigenvalue weighted by molar-refractivity contribution is 0.135. The van der Waals surface area contributed by atoms with Gasteiger partial charge in [-0.15, -0.1) is 0 Å². The van der Waals surface area contributed by atoms with E-state index in [2.05, 4.69) is 19.9 Å². The van der Waals surface area contributed by atoms with E-state index in [1.165, 1.54) is 5.56 Å². The summed E-state index contributed by atoms with van der Waals surface area (Å²) in [4.78, 5) is 0. The fraction of sp³-hybridized carbons (Fsp3) is 0.419. The average Bonchev–Trinajstić information content (AvgIpc) is 2.96. The first-order valence-electron chi connectivity index (χ1n) is 13.5. The molecule has 0 aliphatic carbocycles. The highest BCUT2D eigenvalue weighted by atomic mass is 35.5. The molecule has 0 radical (unpaired) electrons. The Labute approximate surface area is 241 Å². The highest BCUT2D eigenvalue weighted by Gasteiger charge is 2.32. The first-order chi connectivity index (χ1) is 18.5. The van der Waals surface area contributed by atoms with Crippen LogP contribution in [0.1, 0.15) is 84.9 Å². The molecule has 0 aromatic heterocycles. The van der Waals surface area contributed by atoms with E-state index in [0.717, 1.165) is 53.5 Å². The third-order valence-electron chi connectivity index (χ3n) is 7.10. The minimum atomic E-state index is -3.58. The summed E-state index contributed by atoms with van der Waals surface area (Å²) in [5.41, 5.74) is 6.21. The Bertz CT molecular complexity index is 1310. The molecule has 1 aliphatic rings. The predicted octanol–water partition coefficient (Wildman–Crippen LogP) is 9.91. The summed E-state index contributed by atoms with van der Waals surface area (Å²) >= 11 is 12.5. The zero-order valence-electron chi connectivity index (χ0n) is 23.0. The van der Waals surface area contributed by atoms with Gasteiger partial charge in [-0.2, -0.15) is 0 Å².